The Labute approximate surface area is 161 Å². The topological polar surface area (TPSA) is 99.5 Å². The molecule has 0 saturated heterocycles. The van der Waals surface area contributed by atoms with Crippen molar-refractivity contribution in [1.82, 2.24) is 9.78 Å². The molecule has 0 unspecified atom stereocenters. The zero-order valence-corrected chi connectivity index (χ0v) is 15.4. The van der Waals surface area contributed by atoms with Crippen molar-refractivity contribution in [3.05, 3.63) is 45.7 Å². The first-order chi connectivity index (χ1) is 13.0. The van der Waals surface area contributed by atoms with Crippen molar-refractivity contribution in [2.24, 2.45) is 7.05 Å². The van der Waals surface area contributed by atoms with Crippen molar-refractivity contribution < 1.29 is 37.0 Å². The molecule has 0 saturated carbocycles. The number of amides is 1. The maximum atomic E-state index is 13.0. The van der Waals surface area contributed by atoms with Gasteiger partial charge in [-0.1, -0.05) is 11.6 Å². The molecule has 1 aromatic heterocycles. The molecule has 2 aromatic rings. The summed E-state index contributed by atoms with van der Waals surface area (Å²) in [5, 5.41) is 4.85. The number of hydrogen-bond acceptors (Lipinski definition) is 6. The molecular weight excluding hydrogens is 407 g/mol. The Bertz CT molecular complexity index is 921. The van der Waals surface area contributed by atoms with Crippen molar-refractivity contribution in [3.63, 3.8) is 0 Å². The molecule has 1 N–H and O–H groups in total. The highest BCUT2D eigenvalue weighted by Crippen LogP contribution is 2.36. The highest BCUT2D eigenvalue weighted by atomic mass is 35.5. The Morgan fingerprint density at radius 3 is 1.96 bits per heavy atom. The molecule has 0 aliphatic heterocycles. The average molecular weight is 420 g/mol. The van der Waals surface area contributed by atoms with Crippen LogP contribution in [0.5, 0.6) is 0 Å². The number of esters is 2. The fraction of sp³-hybridized carbons (Fsp3) is 0.250. The Kier molecular flexibility index (Phi) is 5.98. The van der Waals surface area contributed by atoms with Crippen molar-refractivity contribution in [2.45, 2.75) is 6.18 Å². The minimum absolute atomic E-state index is 0.0800. The number of aryl methyl sites for hydroxylation is 1. The van der Waals surface area contributed by atoms with E-state index in [4.69, 9.17) is 11.6 Å². The third-order valence-electron chi connectivity index (χ3n) is 3.51. The summed E-state index contributed by atoms with van der Waals surface area (Å²) in [4.78, 5) is 35.9. The van der Waals surface area contributed by atoms with Crippen LogP contribution in [0.4, 0.5) is 18.9 Å². The van der Waals surface area contributed by atoms with Gasteiger partial charge in [0.05, 0.1) is 25.3 Å². The lowest BCUT2D eigenvalue weighted by Gasteiger charge is -2.09. The number of hydrogen-bond donors (Lipinski definition) is 1. The lowest BCUT2D eigenvalue weighted by molar-refractivity contribution is -0.143. The van der Waals surface area contributed by atoms with E-state index in [-0.39, 0.29) is 16.8 Å². The Morgan fingerprint density at radius 2 is 1.57 bits per heavy atom. The number of aromatic nitrogens is 2. The second-order valence-corrected chi connectivity index (χ2v) is 5.75. The van der Waals surface area contributed by atoms with Crippen molar-refractivity contribution >= 4 is 35.1 Å². The van der Waals surface area contributed by atoms with Crippen LogP contribution in [0.15, 0.2) is 18.2 Å². The number of carbonyl (C=O) groups is 3. The van der Waals surface area contributed by atoms with Gasteiger partial charge in [0.1, 0.15) is 5.02 Å². The Hall–Kier alpha value is -3.08. The zero-order valence-electron chi connectivity index (χ0n) is 14.7. The van der Waals surface area contributed by atoms with Crippen molar-refractivity contribution in [3.8, 4) is 0 Å². The Morgan fingerprint density at radius 1 is 1.07 bits per heavy atom. The first-order valence-electron chi connectivity index (χ1n) is 7.42. The number of methoxy groups -OCH3 is 2. The molecule has 0 aliphatic rings. The summed E-state index contributed by atoms with van der Waals surface area (Å²) < 4.78 is 48.5. The molecule has 0 spiro atoms. The van der Waals surface area contributed by atoms with Crippen LogP contribution in [-0.2, 0) is 22.7 Å². The molecule has 12 heteroatoms. The molecule has 8 nitrogen and oxygen atoms in total. The number of halogens is 4. The summed E-state index contributed by atoms with van der Waals surface area (Å²) in [6, 6.07) is 3.50. The maximum absolute atomic E-state index is 13.0. The monoisotopic (exact) mass is 419 g/mol. The van der Waals surface area contributed by atoms with Crippen LogP contribution in [0.3, 0.4) is 0 Å². The van der Waals surface area contributed by atoms with Crippen molar-refractivity contribution in [1.29, 1.82) is 0 Å². The van der Waals surface area contributed by atoms with E-state index in [0.29, 0.717) is 4.68 Å². The molecule has 28 heavy (non-hydrogen) atoms. The summed E-state index contributed by atoms with van der Waals surface area (Å²) in [6.07, 6.45) is -4.82. The van der Waals surface area contributed by atoms with Crippen LogP contribution in [0.25, 0.3) is 0 Å². The van der Waals surface area contributed by atoms with E-state index in [2.05, 4.69) is 19.9 Å². The van der Waals surface area contributed by atoms with Gasteiger partial charge in [-0.15, -0.1) is 0 Å². The largest absolute Gasteiger partial charge is 0.465 e. The first-order valence-corrected chi connectivity index (χ1v) is 7.80. The smallest absolute Gasteiger partial charge is 0.434 e. The van der Waals surface area contributed by atoms with E-state index in [9.17, 15) is 27.6 Å². The van der Waals surface area contributed by atoms with Gasteiger partial charge in [0, 0.05) is 12.7 Å². The quantitative estimate of drug-likeness (QED) is 0.765. The second kappa shape index (κ2) is 7.89. The van der Waals surface area contributed by atoms with Gasteiger partial charge in [0.25, 0.3) is 5.91 Å². The molecule has 150 valence electrons. The maximum Gasteiger partial charge on any atom is 0.434 e. The van der Waals surface area contributed by atoms with E-state index in [1.165, 1.54) is 6.07 Å². The minimum Gasteiger partial charge on any atom is -0.465 e. The van der Waals surface area contributed by atoms with Crippen LogP contribution in [-0.4, -0.2) is 41.8 Å². The summed E-state index contributed by atoms with van der Waals surface area (Å²) >= 11 is 5.67. The lowest BCUT2D eigenvalue weighted by Crippen LogP contribution is -2.15. The molecule has 1 aromatic carbocycles. The predicted molar refractivity (Wildman–Crippen MR) is 90.3 cm³/mol. The molecule has 2 rings (SSSR count). The van der Waals surface area contributed by atoms with Gasteiger partial charge >= 0.3 is 18.1 Å². The number of nitrogens with zero attached hydrogens (tertiary/aromatic N) is 2. The van der Waals surface area contributed by atoms with Gasteiger partial charge in [-0.25, -0.2) is 9.59 Å². The standard InChI is InChI=1S/C16H13ClF3N3O5/c1-23-12(16(18,19)20)10(17)11(22-23)13(24)21-9-5-7(14(25)27-2)4-8(6-9)15(26)28-3/h4-6H,1-3H3,(H,21,24). The summed E-state index contributed by atoms with van der Waals surface area (Å²) in [6.45, 7) is 0. The van der Waals surface area contributed by atoms with Crippen molar-refractivity contribution in [2.75, 3.05) is 19.5 Å². The van der Waals surface area contributed by atoms with Gasteiger partial charge in [0.15, 0.2) is 11.4 Å². The van der Waals surface area contributed by atoms with E-state index >= 15 is 0 Å². The van der Waals surface area contributed by atoms with Gasteiger partial charge in [-0.3, -0.25) is 9.48 Å². The number of rotatable bonds is 4. The molecule has 0 bridgehead atoms. The third kappa shape index (κ3) is 4.25. The summed E-state index contributed by atoms with van der Waals surface area (Å²) in [5.41, 5.74) is -2.24. The summed E-state index contributed by atoms with van der Waals surface area (Å²) in [7, 11) is 3.20. The van der Waals surface area contributed by atoms with Crippen LogP contribution < -0.4 is 5.32 Å². The van der Waals surface area contributed by atoms with E-state index in [1.807, 2.05) is 0 Å². The van der Waals surface area contributed by atoms with Gasteiger partial charge in [-0.2, -0.15) is 18.3 Å². The predicted octanol–water partition coefficient (Wildman–Crippen LogP) is 2.92. The second-order valence-electron chi connectivity index (χ2n) is 5.37. The van der Waals surface area contributed by atoms with E-state index in [0.717, 1.165) is 33.4 Å². The van der Waals surface area contributed by atoms with Crippen LogP contribution in [0, 0.1) is 0 Å². The summed E-state index contributed by atoms with van der Waals surface area (Å²) in [5.74, 6) is -2.69. The molecule has 0 fully saturated rings. The van der Waals surface area contributed by atoms with Gasteiger partial charge < -0.3 is 14.8 Å². The normalized spacial score (nSPS) is 11.1. The van der Waals surface area contributed by atoms with Crippen LogP contribution in [0.2, 0.25) is 5.02 Å². The molecular formula is C16H13ClF3N3O5. The zero-order chi connectivity index (χ0) is 21.2. The minimum atomic E-state index is -4.82. The van der Waals surface area contributed by atoms with Gasteiger partial charge in [0.2, 0.25) is 0 Å². The number of benzene rings is 1. The van der Waals surface area contributed by atoms with E-state index < -0.39 is 40.4 Å². The first kappa shape index (κ1) is 21.2. The van der Waals surface area contributed by atoms with E-state index in [1.54, 1.807) is 0 Å². The SMILES string of the molecule is COC(=O)c1cc(NC(=O)c2nn(C)c(C(F)(F)F)c2Cl)cc(C(=O)OC)c1. The number of ether oxygens (including phenoxy) is 2. The third-order valence-corrected chi connectivity index (χ3v) is 3.86. The highest BCUT2D eigenvalue weighted by molar-refractivity contribution is 6.34. The molecule has 0 aliphatic carbocycles. The van der Waals surface area contributed by atoms with Gasteiger partial charge in [-0.05, 0) is 18.2 Å². The molecule has 0 radical (unpaired) electrons. The molecule has 0 atom stereocenters. The molecule has 1 amide bonds. The number of alkyl halides is 3. The van der Waals surface area contributed by atoms with Crippen LogP contribution >= 0.6 is 11.6 Å². The lowest BCUT2D eigenvalue weighted by atomic mass is 10.1. The highest BCUT2D eigenvalue weighted by Gasteiger charge is 2.40. The number of nitrogens with one attached hydrogen (secondary N) is 1. The van der Waals surface area contributed by atoms with Crippen LogP contribution in [0.1, 0.15) is 36.9 Å². The number of anilines is 1. The molecule has 1 heterocycles. The average Bonchev–Trinajstić information content (AvgIpc) is 2.94. The fourth-order valence-electron chi connectivity index (χ4n) is 2.31. The Balaban J connectivity index is 2.44. The number of carbonyl (C=O) groups excluding carboxylic acids is 3. The fourth-order valence-corrected chi connectivity index (χ4v) is 2.67.